The van der Waals surface area contributed by atoms with Crippen molar-refractivity contribution >= 4 is 28.8 Å². The van der Waals surface area contributed by atoms with Crippen molar-refractivity contribution in [2.45, 2.75) is 13.0 Å². The third kappa shape index (κ3) is 4.62. The molecule has 0 N–H and O–H groups in total. The van der Waals surface area contributed by atoms with Crippen LogP contribution >= 0.6 is 22.9 Å². The number of piperazine rings is 1. The number of carbonyl (C=O) groups excluding carboxylic acids is 1. The molecule has 1 atom stereocenters. The first-order chi connectivity index (χ1) is 15.0. The zero-order valence-electron chi connectivity index (χ0n) is 16.9. The van der Waals surface area contributed by atoms with Gasteiger partial charge in [-0.1, -0.05) is 35.9 Å². The molecule has 8 heteroatoms. The fraction of sp³-hybridized carbons (Fsp3) is 0.261. The van der Waals surface area contributed by atoms with E-state index < -0.39 is 6.04 Å². The number of carbonyl (C=O) groups is 1. The van der Waals surface area contributed by atoms with Gasteiger partial charge < -0.3 is 4.90 Å². The van der Waals surface area contributed by atoms with Crippen molar-refractivity contribution in [2.75, 3.05) is 26.2 Å². The number of nitrogens with zero attached hydrogens (tertiary/aromatic N) is 4. The lowest BCUT2D eigenvalue weighted by atomic mass is 10.1. The van der Waals surface area contributed by atoms with Crippen molar-refractivity contribution in [3.05, 3.63) is 75.5 Å². The van der Waals surface area contributed by atoms with E-state index in [2.05, 4.69) is 11.1 Å². The van der Waals surface area contributed by atoms with Crippen LogP contribution in [-0.2, 0) is 0 Å². The van der Waals surface area contributed by atoms with Gasteiger partial charge in [-0.3, -0.25) is 9.69 Å². The van der Waals surface area contributed by atoms with Gasteiger partial charge in [0.25, 0.3) is 5.91 Å². The Hall–Kier alpha value is -2.79. The lowest BCUT2D eigenvalue weighted by molar-refractivity contribution is 0.0610. The molecule has 1 amide bonds. The van der Waals surface area contributed by atoms with Gasteiger partial charge in [0, 0.05) is 36.8 Å². The topological polar surface area (TPSA) is 60.2 Å². The van der Waals surface area contributed by atoms with Gasteiger partial charge in [-0.05, 0) is 36.8 Å². The molecule has 3 aromatic rings. The summed E-state index contributed by atoms with van der Waals surface area (Å²) < 4.78 is 13.2. The van der Waals surface area contributed by atoms with Gasteiger partial charge in [-0.15, -0.1) is 11.3 Å². The van der Waals surface area contributed by atoms with E-state index in [1.165, 1.54) is 23.5 Å². The highest BCUT2D eigenvalue weighted by Gasteiger charge is 2.29. The predicted molar refractivity (Wildman–Crippen MR) is 120 cm³/mol. The second-order valence-electron chi connectivity index (χ2n) is 7.35. The average molecular weight is 455 g/mol. The second-order valence-corrected chi connectivity index (χ2v) is 8.79. The van der Waals surface area contributed by atoms with Crippen molar-refractivity contribution in [3.8, 4) is 16.6 Å². The van der Waals surface area contributed by atoms with Crippen molar-refractivity contribution < 1.29 is 9.18 Å². The molecule has 5 nitrogen and oxygen atoms in total. The lowest BCUT2D eigenvalue weighted by Crippen LogP contribution is -2.49. The van der Waals surface area contributed by atoms with Crippen LogP contribution in [-0.4, -0.2) is 46.9 Å². The lowest BCUT2D eigenvalue weighted by Gasteiger charge is -2.36. The smallest absolute Gasteiger partial charge is 0.265 e. The maximum atomic E-state index is 13.2. The van der Waals surface area contributed by atoms with Crippen LogP contribution in [0.4, 0.5) is 4.39 Å². The highest BCUT2D eigenvalue weighted by Crippen LogP contribution is 2.30. The number of hydrogen-bond acceptors (Lipinski definition) is 5. The highest BCUT2D eigenvalue weighted by atomic mass is 35.5. The number of amides is 1. The Morgan fingerprint density at radius 2 is 1.77 bits per heavy atom. The first-order valence-electron chi connectivity index (χ1n) is 9.88. The molecule has 31 heavy (non-hydrogen) atoms. The minimum atomic E-state index is -0.459. The van der Waals surface area contributed by atoms with Crippen LogP contribution in [0.15, 0.2) is 48.5 Å². The maximum Gasteiger partial charge on any atom is 0.265 e. The van der Waals surface area contributed by atoms with Gasteiger partial charge in [-0.2, -0.15) is 5.26 Å². The molecule has 1 aliphatic rings. The average Bonchev–Trinajstić information content (AvgIpc) is 3.17. The van der Waals surface area contributed by atoms with Crippen molar-refractivity contribution in [3.63, 3.8) is 0 Å². The molecule has 158 valence electrons. The molecule has 0 bridgehead atoms. The quantitative estimate of drug-likeness (QED) is 0.560. The monoisotopic (exact) mass is 454 g/mol. The largest absolute Gasteiger partial charge is 0.335 e. The van der Waals surface area contributed by atoms with E-state index in [-0.39, 0.29) is 11.7 Å². The number of halogens is 2. The molecule has 1 unspecified atom stereocenters. The molecular formula is C23H20ClFN4OS. The third-order valence-corrected chi connectivity index (χ3v) is 6.80. The van der Waals surface area contributed by atoms with Gasteiger partial charge in [0.2, 0.25) is 0 Å². The molecule has 2 heterocycles. The van der Waals surface area contributed by atoms with Gasteiger partial charge in [-0.25, -0.2) is 9.37 Å². The Balaban J connectivity index is 1.44. The van der Waals surface area contributed by atoms with Crippen LogP contribution in [0.5, 0.6) is 0 Å². The number of nitriles is 1. The number of thiazole rings is 1. The Kier molecular flexibility index (Phi) is 6.33. The Labute approximate surface area is 189 Å². The summed E-state index contributed by atoms with van der Waals surface area (Å²) in [4.78, 5) is 22.2. The zero-order chi connectivity index (χ0) is 22.0. The summed E-state index contributed by atoms with van der Waals surface area (Å²) in [5.74, 6) is -0.362. The van der Waals surface area contributed by atoms with Crippen molar-refractivity contribution in [2.24, 2.45) is 0 Å². The van der Waals surface area contributed by atoms with Crippen LogP contribution in [0.2, 0.25) is 5.02 Å². The van der Waals surface area contributed by atoms with Crippen LogP contribution in [0.1, 0.15) is 27.0 Å². The number of rotatable bonds is 4. The molecule has 0 radical (unpaired) electrons. The molecule has 0 aliphatic carbocycles. The number of aryl methyl sites for hydroxylation is 1. The van der Waals surface area contributed by atoms with Crippen LogP contribution in [0.3, 0.4) is 0 Å². The zero-order valence-corrected chi connectivity index (χ0v) is 18.5. The molecular weight excluding hydrogens is 435 g/mol. The summed E-state index contributed by atoms with van der Waals surface area (Å²) in [5.41, 5.74) is 2.40. The van der Waals surface area contributed by atoms with E-state index in [1.807, 2.05) is 28.9 Å². The van der Waals surface area contributed by atoms with E-state index in [4.69, 9.17) is 11.6 Å². The van der Waals surface area contributed by atoms with E-state index in [0.29, 0.717) is 41.8 Å². The summed E-state index contributed by atoms with van der Waals surface area (Å²) in [7, 11) is 0. The molecule has 1 fully saturated rings. The van der Waals surface area contributed by atoms with Gasteiger partial charge in [0.05, 0.1) is 11.8 Å². The summed E-state index contributed by atoms with van der Waals surface area (Å²) in [6, 6.07) is 15.3. The predicted octanol–water partition coefficient (Wildman–Crippen LogP) is 4.93. The standard InChI is InChI=1S/C23H20ClFN4OS/c1-15-21(31-22(27-15)17-2-6-18(24)7-3-17)23(30)29-12-10-28(11-13-29)20(14-26)16-4-8-19(25)9-5-16/h2-9,20H,10-13H2,1H3. The molecule has 1 aromatic heterocycles. The Bertz CT molecular complexity index is 1120. The molecule has 2 aromatic carbocycles. The fourth-order valence-electron chi connectivity index (χ4n) is 3.65. The van der Waals surface area contributed by atoms with Gasteiger partial charge in [0.1, 0.15) is 21.7 Å². The molecule has 1 aliphatic heterocycles. The second kappa shape index (κ2) is 9.15. The van der Waals surface area contributed by atoms with Gasteiger partial charge >= 0.3 is 0 Å². The van der Waals surface area contributed by atoms with E-state index >= 15 is 0 Å². The van der Waals surface area contributed by atoms with Crippen LogP contribution < -0.4 is 0 Å². The van der Waals surface area contributed by atoms with E-state index in [9.17, 15) is 14.4 Å². The summed E-state index contributed by atoms with van der Waals surface area (Å²) in [5, 5.41) is 11.1. The van der Waals surface area contributed by atoms with Gasteiger partial charge in [0.15, 0.2) is 0 Å². The Morgan fingerprint density at radius 3 is 2.39 bits per heavy atom. The minimum Gasteiger partial charge on any atom is -0.335 e. The van der Waals surface area contributed by atoms with Crippen LogP contribution in [0.25, 0.3) is 10.6 Å². The Morgan fingerprint density at radius 1 is 1.13 bits per heavy atom. The number of aromatic nitrogens is 1. The SMILES string of the molecule is Cc1nc(-c2ccc(Cl)cc2)sc1C(=O)N1CCN(C(C#N)c2ccc(F)cc2)CC1. The first kappa shape index (κ1) is 21.4. The maximum absolute atomic E-state index is 13.2. The molecule has 4 rings (SSSR count). The third-order valence-electron chi connectivity index (χ3n) is 5.36. The van der Waals surface area contributed by atoms with E-state index in [0.717, 1.165) is 16.1 Å². The number of hydrogen-bond donors (Lipinski definition) is 0. The van der Waals surface area contributed by atoms with Crippen molar-refractivity contribution in [1.82, 2.24) is 14.8 Å². The normalized spacial score (nSPS) is 15.5. The minimum absolute atomic E-state index is 0.0369. The summed E-state index contributed by atoms with van der Waals surface area (Å²) in [6.07, 6.45) is 0. The first-order valence-corrected chi connectivity index (χ1v) is 11.1. The summed E-state index contributed by atoms with van der Waals surface area (Å²) in [6.45, 7) is 4.03. The molecule has 0 saturated carbocycles. The number of benzene rings is 2. The highest BCUT2D eigenvalue weighted by molar-refractivity contribution is 7.17. The van der Waals surface area contributed by atoms with E-state index in [1.54, 1.807) is 24.3 Å². The molecule has 0 spiro atoms. The van der Waals surface area contributed by atoms with Crippen molar-refractivity contribution in [1.29, 1.82) is 5.26 Å². The summed E-state index contributed by atoms with van der Waals surface area (Å²) >= 11 is 7.34. The molecule has 1 saturated heterocycles. The van der Waals surface area contributed by atoms with Crippen LogP contribution in [0, 0.1) is 24.1 Å². The fourth-order valence-corrected chi connectivity index (χ4v) is 4.82.